The highest BCUT2D eigenvalue weighted by molar-refractivity contribution is 6.34. The van der Waals surface area contributed by atoms with E-state index in [-0.39, 0.29) is 17.6 Å². The second-order valence-corrected chi connectivity index (χ2v) is 7.58. The van der Waals surface area contributed by atoms with E-state index < -0.39 is 5.56 Å². The van der Waals surface area contributed by atoms with Gasteiger partial charge in [0, 0.05) is 22.6 Å². The van der Waals surface area contributed by atoms with Crippen molar-refractivity contribution in [2.45, 2.75) is 25.3 Å². The Balaban J connectivity index is 1.62. The number of hydrogen-bond acceptors (Lipinski definition) is 3. The van der Waals surface area contributed by atoms with Crippen LogP contribution in [0.3, 0.4) is 0 Å². The summed E-state index contributed by atoms with van der Waals surface area (Å²) in [6, 6.07) is 12.6. The van der Waals surface area contributed by atoms with Crippen LogP contribution < -0.4 is 5.56 Å². The number of carbonyl (C=O) groups excluding carboxylic acids is 1. The molecule has 0 aliphatic carbocycles. The normalized spacial score (nSPS) is 16.8. The number of aromatic nitrogens is 2. The quantitative estimate of drug-likeness (QED) is 0.718. The predicted octanol–water partition coefficient (Wildman–Crippen LogP) is 4.08. The molecule has 1 aliphatic rings. The summed E-state index contributed by atoms with van der Waals surface area (Å²) in [7, 11) is 0. The number of fused-ring (bicyclic) bond motifs is 1. The molecular formula is C20H17Cl2N3O2. The highest BCUT2D eigenvalue weighted by Crippen LogP contribution is 2.26. The Bertz CT molecular complexity index is 1060. The highest BCUT2D eigenvalue weighted by atomic mass is 35.5. The summed E-state index contributed by atoms with van der Waals surface area (Å²) in [5, 5.41) is 1.14. The Morgan fingerprint density at radius 3 is 2.70 bits per heavy atom. The van der Waals surface area contributed by atoms with E-state index in [2.05, 4.69) is 9.97 Å². The predicted molar refractivity (Wildman–Crippen MR) is 107 cm³/mol. The molecular weight excluding hydrogens is 385 g/mol. The van der Waals surface area contributed by atoms with E-state index in [4.69, 9.17) is 23.2 Å². The van der Waals surface area contributed by atoms with Crippen LogP contribution in [0.1, 0.15) is 28.9 Å². The van der Waals surface area contributed by atoms with Gasteiger partial charge in [0.25, 0.3) is 11.5 Å². The fourth-order valence-electron chi connectivity index (χ4n) is 3.63. The Morgan fingerprint density at radius 1 is 1.19 bits per heavy atom. The molecule has 1 aromatic heterocycles. The average Bonchev–Trinajstić information content (AvgIpc) is 3.07. The van der Waals surface area contributed by atoms with Crippen LogP contribution in [0.4, 0.5) is 0 Å². The maximum Gasteiger partial charge on any atom is 0.280 e. The van der Waals surface area contributed by atoms with Crippen LogP contribution in [0.2, 0.25) is 10.0 Å². The zero-order valence-corrected chi connectivity index (χ0v) is 15.9. The number of hydrogen-bond donors (Lipinski definition) is 1. The van der Waals surface area contributed by atoms with E-state index >= 15 is 0 Å². The molecule has 1 atom stereocenters. The number of halogens is 2. The Morgan fingerprint density at radius 2 is 1.93 bits per heavy atom. The second kappa shape index (κ2) is 7.33. The molecule has 138 valence electrons. The van der Waals surface area contributed by atoms with E-state index in [1.165, 1.54) is 0 Å². The fraction of sp³-hybridized carbons (Fsp3) is 0.250. The van der Waals surface area contributed by atoms with Crippen molar-refractivity contribution in [3.8, 4) is 0 Å². The third-order valence-electron chi connectivity index (χ3n) is 4.83. The number of H-pyrrole nitrogens is 1. The number of para-hydroxylation sites is 2. The van der Waals surface area contributed by atoms with Crippen LogP contribution in [0.15, 0.2) is 47.3 Å². The molecule has 2 heterocycles. The van der Waals surface area contributed by atoms with Gasteiger partial charge in [0.05, 0.1) is 11.0 Å². The Labute approximate surface area is 165 Å². The molecule has 2 aromatic carbocycles. The van der Waals surface area contributed by atoms with Crippen LogP contribution in [-0.4, -0.2) is 33.4 Å². The van der Waals surface area contributed by atoms with Gasteiger partial charge >= 0.3 is 0 Å². The SMILES string of the molecule is O=C(c1nc2ccccc2[nH]c1=O)N1CCC[C@H]1Cc1cc(Cl)cc(Cl)c1. The van der Waals surface area contributed by atoms with Crippen LogP contribution in [-0.2, 0) is 6.42 Å². The zero-order chi connectivity index (χ0) is 19.0. The molecule has 0 bridgehead atoms. The summed E-state index contributed by atoms with van der Waals surface area (Å²) in [6.45, 7) is 0.603. The van der Waals surface area contributed by atoms with E-state index in [9.17, 15) is 9.59 Å². The van der Waals surface area contributed by atoms with Crippen molar-refractivity contribution in [1.82, 2.24) is 14.9 Å². The summed E-state index contributed by atoms with van der Waals surface area (Å²) in [5.41, 5.74) is 1.65. The van der Waals surface area contributed by atoms with Crippen molar-refractivity contribution in [3.05, 3.63) is 74.1 Å². The lowest BCUT2D eigenvalue weighted by atomic mass is 10.0. The third kappa shape index (κ3) is 3.70. The maximum atomic E-state index is 13.0. The summed E-state index contributed by atoms with van der Waals surface area (Å²) < 4.78 is 0. The lowest BCUT2D eigenvalue weighted by molar-refractivity contribution is 0.0729. The first-order chi connectivity index (χ1) is 13.0. The van der Waals surface area contributed by atoms with Gasteiger partial charge in [-0.05, 0) is 55.2 Å². The lowest BCUT2D eigenvalue weighted by Gasteiger charge is -2.24. The van der Waals surface area contributed by atoms with Gasteiger partial charge in [0.15, 0.2) is 5.69 Å². The summed E-state index contributed by atoms with van der Waals surface area (Å²) >= 11 is 12.2. The fourth-order valence-corrected chi connectivity index (χ4v) is 4.20. The molecule has 1 fully saturated rings. The van der Waals surface area contributed by atoms with Gasteiger partial charge in [0.2, 0.25) is 0 Å². The summed E-state index contributed by atoms with van der Waals surface area (Å²) in [5.74, 6) is -0.336. The summed E-state index contributed by atoms with van der Waals surface area (Å²) in [4.78, 5) is 34.2. The summed E-state index contributed by atoms with van der Waals surface area (Å²) in [6.07, 6.45) is 2.38. The molecule has 27 heavy (non-hydrogen) atoms. The number of nitrogens with one attached hydrogen (secondary N) is 1. The van der Waals surface area contributed by atoms with E-state index in [1.54, 1.807) is 23.1 Å². The number of rotatable bonds is 3. The standard InChI is InChI=1S/C20H17Cl2N3O2/c21-13-8-12(9-14(22)11-13)10-15-4-3-7-25(15)20(27)18-19(26)24-17-6-2-1-5-16(17)23-18/h1-2,5-6,8-9,11,15H,3-4,7,10H2,(H,24,26)/t15-/m0/s1. The van der Waals surface area contributed by atoms with Crippen LogP contribution in [0, 0.1) is 0 Å². The van der Waals surface area contributed by atoms with Gasteiger partial charge in [-0.3, -0.25) is 9.59 Å². The molecule has 1 amide bonds. The minimum atomic E-state index is -0.463. The maximum absolute atomic E-state index is 13.0. The van der Waals surface area contributed by atoms with Gasteiger partial charge in [-0.15, -0.1) is 0 Å². The molecule has 0 saturated carbocycles. The zero-order valence-electron chi connectivity index (χ0n) is 14.4. The van der Waals surface area contributed by atoms with Gasteiger partial charge in [-0.2, -0.15) is 0 Å². The molecule has 0 spiro atoms. The van der Waals surface area contributed by atoms with Crippen molar-refractivity contribution >= 4 is 40.1 Å². The van der Waals surface area contributed by atoms with Crippen molar-refractivity contribution in [3.63, 3.8) is 0 Å². The second-order valence-electron chi connectivity index (χ2n) is 6.71. The first-order valence-electron chi connectivity index (χ1n) is 8.76. The molecule has 1 saturated heterocycles. The number of carbonyl (C=O) groups is 1. The Hall–Kier alpha value is -2.37. The van der Waals surface area contributed by atoms with Crippen LogP contribution in [0.25, 0.3) is 11.0 Å². The first kappa shape index (κ1) is 18.0. The molecule has 5 nitrogen and oxygen atoms in total. The number of benzene rings is 2. The number of likely N-dealkylation sites (tertiary alicyclic amines) is 1. The number of nitrogens with zero attached hydrogens (tertiary/aromatic N) is 2. The number of aromatic amines is 1. The van der Waals surface area contributed by atoms with Crippen molar-refractivity contribution in [2.24, 2.45) is 0 Å². The first-order valence-corrected chi connectivity index (χ1v) is 9.52. The van der Waals surface area contributed by atoms with E-state index in [0.717, 1.165) is 18.4 Å². The number of amides is 1. The van der Waals surface area contributed by atoms with E-state index in [1.807, 2.05) is 24.3 Å². The van der Waals surface area contributed by atoms with Crippen molar-refractivity contribution < 1.29 is 4.79 Å². The molecule has 7 heteroatoms. The molecule has 1 N–H and O–H groups in total. The topological polar surface area (TPSA) is 66.1 Å². The van der Waals surface area contributed by atoms with Gasteiger partial charge in [-0.1, -0.05) is 35.3 Å². The highest BCUT2D eigenvalue weighted by Gasteiger charge is 2.31. The molecule has 1 aliphatic heterocycles. The van der Waals surface area contributed by atoms with Crippen molar-refractivity contribution in [1.29, 1.82) is 0 Å². The smallest absolute Gasteiger partial charge is 0.280 e. The van der Waals surface area contributed by atoms with Gasteiger partial charge in [0.1, 0.15) is 0 Å². The monoisotopic (exact) mass is 401 g/mol. The van der Waals surface area contributed by atoms with Crippen molar-refractivity contribution in [2.75, 3.05) is 6.54 Å². The largest absolute Gasteiger partial charge is 0.334 e. The molecule has 0 radical (unpaired) electrons. The minimum Gasteiger partial charge on any atom is -0.334 e. The molecule has 3 aromatic rings. The van der Waals surface area contributed by atoms with E-state index in [0.29, 0.717) is 34.0 Å². The van der Waals surface area contributed by atoms with Crippen LogP contribution >= 0.6 is 23.2 Å². The minimum absolute atomic E-state index is 0.0142. The third-order valence-corrected chi connectivity index (χ3v) is 5.27. The van der Waals surface area contributed by atoms with Gasteiger partial charge < -0.3 is 9.88 Å². The lowest BCUT2D eigenvalue weighted by Crippen LogP contribution is -2.40. The molecule has 4 rings (SSSR count). The Kier molecular flexibility index (Phi) is 4.89. The van der Waals surface area contributed by atoms with Crippen LogP contribution in [0.5, 0.6) is 0 Å². The van der Waals surface area contributed by atoms with Gasteiger partial charge in [-0.25, -0.2) is 4.98 Å². The average molecular weight is 402 g/mol. The molecule has 0 unspecified atom stereocenters.